The van der Waals surface area contributed by atoms with Gasteiger partial charge in [0.05, 0.1) is 21.9 Å². The third-order valence-corrected chi connectivity index (χ3v) is 2.56. The molecule has 1 aromatic carbocycles. The molecule has 0 unspecified atom stereocenters. The topological polar surface area (TPSA) is 79.8 Å². The summed E-state index contributed by atoms with van der Waals surface area (Å²) >= 11 is 0. The fourth-order valence-electron chi connectivity index (χ4n) is 1.62. The average molecular weight is 239 g/mol. The van der Waals surface area contributed by atoms with Crippen molar-refractivity contribution in [2.45, 2.75) is 6.92 Å². The summed E-state index contributed by atoms with van der Waals surface area (Å²) in [7, 11) is 0. The number of nitrogens with zero attached hydrogens (tertiary/aromatic N) is 3. The molecule has 0 N–H and O–H groups in total. The molecule has 0 radical (unpaired) electrons. The molecule has 0 aliphatic carbocycles. The lowest BCUT2D eigenvalue weighted by atomic mass is 10.1. The Morgan fingerprint density at radius 2 is 2.11 bits per heavy atom. The van der Waals surface area contributed by atoms with Crippen LogP contribution in [-0.2, 0) is 0 Å². The van der Waals surface area contributed by atoms with Crippen LogP contribution in [0, 0.1) is 28.4 Å². The van der Waals surface area contributed by atoms with Gasteiger partial charge in [-0.1, -0.05) is 12.1 Å². The SMILES string of the molecule is Cc1nc(-c2cccc([N+](=O)[O-])c2)ccc1C#N. The van der Waals surface area contributed by atoms with Crippen LogP contribution in [0.4, 0.5) is 5.69 Å². The molecule has 0 bridgehead atoms. The second kappa shape index (κ2) is 4.63. The summed E-state index contributed by atoms with van der Waals surface area (Å²) < 4.78 is 0. The summed E-state index contributed by atoms with van der Waals surface area (Å²) in [6.45, 7) is 1.74. The summed E-state index contributed by atoms with van der Waals surface area (Å²) in [5.41, 5.74) is 2.42. The van der Waals surface area contributed by atoms with Crippen molar-refractivity contribution >= 4 is 5.69 Å². The molecule has 1 aromatic heterocycles. The highest BCUT2D eigenvalue weighted by molar-refractivity contribution is 5.63. The van der Waals surface area contributed by atoms with E-state index in [0.29, 0.717) is 22.5 Å². The smallest absolute Gasteiger partial charge is 0.258 e. The van der Waals surface area contributed by atoms with E-state index in [1.165, 1.54) is 12.1 Å². The van der Waals surface area contributed by atoms with Gasteiger partial charge in [0.15, 0.2) is 0 Å². The Hall–Kier alpha value is -2.74. The monoisotopic (exact) mass is 239 g/mol. The standard InChI is InChI=1S/C13H9N3O2/c1-9-11(8-14)5-6-13(15-9)10-3-2-4-12(7-10)16(17)18/h2-7H,1H3. The van der Waals surface area contributed by atoms with Gasteiger partial charge in [0.1, 0.15) is 6.07 Å². The Morgan fingerprint density at radius 3 is 2.72 bits per heavy atom. The summed E-state index contributed by atoms with van der Waals surface area (Å²) in [6.07, 6.45) is 0. The molecule has 2 rings (SSSR count). The molecule has 0 aliphatic heterocycles. The Bertz CT molecular complexity index is 660. The van der Waals surface area contributed by atoms with Crippen LogP contribution in [0.25, 0.3) is 11.3 Å². The number of rotatable bonds is 2. The van der Waals surface area contributed by atoms with Crippen LogP contribution in [0.1, 0.15) is 11.3 Å². The zero-order valence-corrected chi connectivity index (χ0v) is 9.62. The molecule has 0 amide bonds. The van der Waals surface area contributed by atoms with Gasteiger partial charge in [-0.2, -0.15) is 5.26 Å². The maximum atomic E-state index is 10.7. The van der Waals surface area contributed by atoms with E-state index in [2.05, 4.69) is 4.98 Å². The Balaban J connectivity index is 2.49. The largest absolute Gasteiger partial charge is 0.270 e. The molecular formula is C13H9N3O2. The van der Waals surface area contributed by atoms with Crippen molar-refractivity contribution < 1.29 is 4.92 Å². The molecular weight excluding hydrogens is 230 g/mol. The first-order valence-electron chi connectivity index (χ1n) is 5.24. The van der Waals surface area contributed by atoms with Gasteiger partial charge in [-0.15, -0.1) is 0 Å². The van der Waals surface area contributed by atoms with E-state index in [1.807, 2.05) is 6.07 Å². The minimum atomic E-state index is -0.444. The second-order valence-electron chi connectivity index (χ2n) is 3.75. The highest BCUT2D eigenvalue weighted by Gasteiger charge is 2.09. The molecule has 0 aliphatic rings. The highest BCUT2D eigenvalue weighted by Crippen LogP contribution is 2.23. The number of pyridine rings is 1. The van der Waals surface area contributed by atoms with Crippen LogP contribution in [0.2, 0.25) is 0 Å². The summed E-state index contributed by atoms with van der Waals surface area (Å²) in [5, 5.41) is 19.5. The molecule has 18 heavy (non-hydrogen) atoms. The molecule has 5 heteroatoms. The van der Waals surface area contributed by atoms with Gasteiger partial charge in [0.25, 0.3) is 5.69 Å². The molecule has 0 saturated carbocycles. The number of benzene rings is 1. The molecule has 0 atom stereocenters. The van der Waals surface area contributed by atoms with E-state index < -0.39 is 4.92 Å². The van der Waals surface area contributed by atoms with Crippen LogP contribution in [-0.4, -0.2) is 9.91 Å². The number of nitro benzene ring substituents is 1. The molecule has 0 fully saturated rings. The van der Waals surface area contributed by atoms with E-state index in [-0.39, 0.29) is 5.69 Å². The zero-order valence-electron chi connectivity index (χ0n) is 9.62. The lowest BCUT2D eigenvalue weighted by Gasteiger charge is -2.03. The first-order valence-corrected chi connectivity index (χ1v) is 5.24. The maximum absolute atomic E-state index is 10.7. The van der Waals surface area contributed by atoms with E-state index in [1.54, 1.807) is 31.2 Å². The fourth-order valence-corrected chi connectivity index (χ4v) is 1.62. The summed E-state index contributed by atoms with van der Waals surface area (Å²) in [5.74, 6) is 0. The van der Waals surface area contributed by atoms with Gasteiger partial charge in [-0.05, 0) is 19.1 Å². The van der Waals surface area contributed by atoms with Gasteiger partial charge in [0.2, 0.25) is 0 Å². The molecule has 0 spiro atoms. The lowest BCUT2D eigenvalue weighted by Crippen LogP contribution is -1.92. The summed E-state index contributed by atoms with van der Waals surface area (Å²) in [6, 6.07) is 11.6. The first kappa shape index (κ1) is 11.7. The minimum Gasteiger partial charge on any atom is -0.258 e. The van der Waals surface area contributed by atoms with E-state index in [9.17, 15) is 10.1 Å². The van der Waals surface area contributed by atoms with Crippen molar-refractivity contribution in [3.63, 3.8) is 0 Å². The highest BCUT2D eigenvalue weighted by atomic mass is 16.6. The molecule has 5 nitrogen and oxygen atoms in total. The van der Waals surface area contributed by atoms with Crippen molar-refractivity contribution in [1.29, 1.82) is 5.26 Å². The van der Waals surface area contributed by atoms with Crippen LogP contribution in [0.5, 0.6) is 0 Å². The third kappa shape index (κ3) is 2.18. The molecule has 0 saturated heterocycles. The van der Waals surface area contributed by atoms with Gasteiger partial charge in [-0.25, -0.2) is 0 Å². The van der Waals surface area contributed by atoms with E-state index in [0.717, 1.165) is 0 Å². The summed E-state index contributed by atoms with van der Waals surface area (Å²) in [4.78, 5) is 14.5. The number of hydrogen-bond acceptors (Lipinski definition) is 4. The first-order chi connectivity index (χ1) is 8.61. The zero-order chi connectivity index (χ0) is 13.1. The number of non-ortho nitro benzene ring substituents is 1. The van der Waals surface area contributed by atoms with Crippen molar-refractivity contribution in [2.24, 2.45) is 0 Å². The average Bonchev–Trinajstić information content (AvgIpc) is 2.38. The number of aromatic nitrogens is 1. The quantitative estimate of drug-likeness (QED) is 0.596. The Morgan fingerprint density at radius 1 is 1.33 bits per heavy atom. The van der Waals surface area contributed by atoms with Gasteiger partial charge >= 0.3 is 0 Å². The van der Waals surface area contributed by atoms with Crippen molar-refractivity contribution in [2.75, 3.05) is 0 Å². The van der Waals surface area contributed by atoms with E-state index >= 15 is 0 Å². The van der Waals surface area contributed by atoms with Gasteiger partial charge < -0.3 is 0 Å². The predicted octanol–water partition coefficient (Wildman–Crippen LogP) is 2.84. The number of nitro groups is 1. The minimum absolute atomic E-state index is 0.0244. The predicted molar refractivity (Wildman–Crippen MR) is 65.8 cm³/mol. The van der Waals surface area contributed by atoms with Crippen LogP contribution in [0.15, 0.2) is 36.4 Å². The lowest BCUT2D eigenvalue weighted by molar-refractivity contribution is -0.384. The number of aryl methyl sites for hydroxylation is 1. The molecule has 1 heterocycles. The third-order valence-electron chi connectivity index (χ3n) is 2.56. The maximum Gasteiger partial charge on any atom is 0.270 e. The Labute approximate surface area is 103 Å². The van der Waals surface area contributed by atoms with Crippen LogP contribution in [0.3, 0.4) is 0 Å². The van der Waals surface area contributed by atoms with Gasteiger partial charge in [-0.3, -0.25) is 15.1 Å². The van der Waals surface area contributed by atoms with Crippen molar-refractivity contribution in [3.05, 3.63) is 57.8 Å². The Kier molecular flexibility index (Phi) is 3.02. The van der Waals surface area contributed by atoms with E-state index in [4.69, 9.17) is 5.26 Å². The van der Waals surface area contributed by atoms with Crippen molar-refractivity contribution in [3.8, 4) is 17.3 Å². The molecule has 2 aromatic rings. The van der Waals surface area contributed by atoms with Gasteiger partial charge in [0, 0.05) is 17.7 Å². The second-order valence-corrected chi connectivity index (χ2v) is 3.75. The fraction of sp³-hybridized carbons (Fsp3) is 0.0769. The number of nitriles is 1. The number of hydrogen-bond donors (Lipinski definition) is 0. The normalized spacial score (nSPS) is 9.78. The molecule has 88 valence electrons. The van der Waals surface area contributed by atoms with Crippen molar-refractivity contribution in [1.82, 2.24) is 4.98 Å². The van der Waals surface area contributed by atoms with Crippen LogP contribution < -0.4 is 0 Å². The van der Waals surface area contributed by atoms with Crippen LogP contribution >= 0.6 is 0 Å².